The molecule has 1 aliphatic heterocycles. The van der Waals surface area contributed by atoms with Crippen molar-refractivity contribution in [1.82, 2.24) is 14.9 Å². The van der Waals surface area contributed by atoms with E-state index in [0.29, 0.717) is 23.4 Å². The molecule has 0 bridgehead atoms. The van der Waals surface area contributed by atoms with Crippen LogP contribution in [-0.2, 0) is 12.6 Å². The summed E-state index contributed by atoms with van der Waals surface area (Å²) in [6, 6.07) is 17.4. The topological polar surface area (TPSA) is 87.4 Å². The van der Waals surface area contributed by atoms with E-state index in [2.05, 4.69) is 21.3 Å². The molecule has 0 spiro atoms. The van der Waals surface area contributed by atoms with E-state index in [-0.39, 0.29) is 11.6 Å². The SMILES string of the molecule is NN(C(=O)c1cccc(C(F)(F)F)c1F)c1ccc(C2Cc3cnc(NCCCN4CCCC4)nc3-c3ccccc32)cc1. The summed E-state index contributed by atoms with van der Waals surface area (Å²) >= 11 is 0. The molecule has 1 aliphatic carbocycles. The molecule has 1 saturated heterocycles. The number of aromatic nitrogens is 2. The van der Waals surface area contributed by atoms with Gasteiger partial charge in [-0.1, -0.05) is 42.5 Å². The van der Waals surface area contributed by atoms with Crippen molar-refractivity contribution in [1.29, 1.82) is 0 Å². The zero-order valence-corrected chi connectivity index (χ0v) is 23.9. The number of fused-ring (bicyclic) bond motifs is 3. The summed E-state index contributed by atoms with van der Waals surface area (Å²) in [4.78, 5) is 24.8. The molecule has 1 fully saturated rings. The van der Waals surface area contributed by atoms with Gasteiger partial charge in [0.2, 0.25) is 5.95 Å². The van der Waals surface area contributed by atoms with Crippen molar-refractivity contribution in [3.63, 3.8) is 0 Å². The van der Waals surface area contributed by atoms with Crippen LogP contribution in [-0.4, -0.2) is 47.0 Å². The van der Waals surface area contributed by atoms with Crippen molar-refractivity contribution in [3.8, 4) is 11.3 Å². The molecule has 7 nitrogen and oxygen atoms in total. The second-order valence-electron chi connectivity index (χ2n) is 11.2. The van der Waals surface area contributed by atoms with Gasteiger partial charge in [-0.25, -0.2) is 25.2 Å². The summed E-state index contributed by atoms with van der Waals surface area (Å²) in [6.07, 6.45) is 1.17. The van der Waals surface area contributed by atoms with E-state index < -0.39 is 29.0 Å². The highest BCUT2D eigenvalue weighted by Gasteiger charge is 2.36. The molecule has 1 aromatic heterocycles. The minimum atomic E-state index is -4.94. The van der Waals surface area contributed by atoms with Gasteiger partial charge in [0.25, 0.3) is 5.91 Å². The Kier molecular flexibility index (Phi) is 8.33. The first-order valence-electron chi connectivity index (χ1n) is 14.7. The average Bonchev–Trinajstić information content (AvgIpc) is 3.55. The van der Waals surface area contributed by atoms with Gasteiger partial charge in [-0.15, -0.1) is 0 Å². The summed E-state index contributed by atoms with van der Waals surface area (Å²) in [5.41, 5.74) is 2.89. The molecule has 4 aromatic rings. The molecule has 1 atom stereocenters. The first-order chi connectivity index (χ1) is 21.2. The van der Waals surface area contributed by atoms with Gasteiger partial charge in [0, 0.05) is 24.2 Å². The number of likely N-dealkylation sites (tertiary alicyclic amines) is 1. The highest BCUT2D eigenvalue weighted by molar-refractivity contribution is 6.05. The Labute approximate surface area is 252 Å². The van der Waals surface area contributed by atoms with E-state index in [0.717, 1.165) is 59.6 Å². The molecule has 3 N–H and O–H groups in total. The van der Waals surface area contributed by atoms with Gasteiger partial charge in [-0.2, -0.15) is 13.2 Å². The van der Waals surface area contributed by atoms with Crippen LogP contribution in [0.25, 0.3) is 11.3 Å². The minimum absolute atomic E-state index is 0.0292. The quantitative estimate of drug-likeness (QED) is 0.0795. The number of anilines is 2. The van der Waals surface area contributed by atoms with E-state index in [1.165, 1.54) is 25.9 Å². The number of carbonyl (C=O) groups is 1. The first kappa shape index (κ1) is 29.7. The van der Waals surface area contributed by atoms with E-state index in [1.54, 1.807) is 12.1 Å². The monoisotopic (exact) mass is 604 g/mol. The number of hydrogen-bond acceptors (Lipinski definition) is 6. The van der Waals surface area contributed by atoms with E-state index in [4.69, 9.17) is 10.8 Å². The first-order valence-corrected chi connectivity index (χ1v) is 14.7. The number of nitrogens with two attached hydrogens (primary N) is 1. The summed E-state index contributed by atoms with van der Waals surface area (Å²) in [5, 5.41) is 4.02. The van der Waals surface area contributed by atoms with Crippen LogP contribution in [0.3, 0.4) is 0 Å². The van der Waals surface area contributed by atoms with Crippen molar-refractivity contribution in [3.05, 3.63) is 107 Å². The molecule has 1 unspecified atom stereocenters. The van der Waals surface area contributed by atoms with E-state index in [1.807, 2.05) is 36.5 Å². The molecule has 3 aromatic carbocycles. The molecule has 2 heterocycles. The Balaban J connectivity index is 1.18. The molecule has 11 heteroatoms. The molecule has 1 amide bonds. The highest BCUT2D eigenvalue weighted by atomic mass is 19.4. The van der Waals surface area contributed by atoms with Crippen LogP contribution in [0.1, 0.15) is 57.8 Å². The third-order valence-electron chi connectivity index (χ3n) is 8.34. The molecule has 44 heavy (non-hydrogen) atoms. The van der Waals surface area contributed by atoms with Gasteiger partial charge in [0.05, 0.1) is 22.5 Å². The Bertz CT molecular complexity index is 1650. The lowest BCUT2D eigenvalue weighted by Crippen LogP contribution is -2.38. The predicted octanol–water partition coefficient (Wildman–Crippen LogP) is 6.41. The van der Waals surface area contributed by atoms with Gasteiger partial charge >= 0.3 is 6.18 Å². The van der Waals surface area contributed by atoms with Gasteiger partial charge in [0.1, 0.15) is 5.82 Å². The van der Waals surface area contributed by atoms with Gasteiger partial charge in [0.15, 0.2) is 0 Å². The summed E-state index contributed by atoms with van der Waals surface area (Å²) in [5.74, 6) is 3.80. The van der Waals surface area contributed by atoms with Crippen molar-refractivity contribution in [2.75, 3.05) is 36.5 Å². The van der Waals surface area contributed by atoms with Crippen molar-refractivity contribution < 1.29 is 22.4 Å². The molecule has 0 saturated carbocycles. The Morgan fingerprint density at radius 1 is 1.02 bits per heavy atom. The largest absolute Gasteiger partial charge is 0.419 e. The van der Waals surface area contributed by atoms with Crippen LogP contribution in [0, 0.1) is 5.82 Å². The summed E-state index contributed by atoms with van der Waals surface area (Å²) in [7, 11) is 0. The number of carbonyl (C=O) groups excluding carboxylic acids is 1. The Morgan fingerprint density at radius 2 is 1.77 bits per heavy atom. The maximum atomic E-state index is 14.6. The van der Waals surface area contributed by atoms with Gasteiger partial charge in [-0.05, 0) is 86.3 Å². The van der Waals surface area contributed by atoms with Crippen LogP contribution < -0.4 is 16.2 Å². The number of nitrogens with one attached hydrogen (secondary N) is 1. The number of nitrogens with zero attached hydrogens (tertiary/aromatic N) is 4. The number of hydrazine groups is 1. The van der Waals surface area contributed by atoms with Crippen molar-refractivity contribution in [2.24, 2.45) is 5.84 Å². The number of alkyl halides is 3. The van der Waals surface area contributed by atoms with Crippen LogP contribution in [0.4, 0.5) is 29.2 Å². The second-order valence-corrected chi connectivity index (χ2v) is 11.2. The number of halogens is 4. The number of benzene rings is 3. The lowest BCUT2D eigenvalue weighted by molar-refractivity contribution is -0.140. The van der Waals surface area contributed by atoms with E-state index in [9.17, 15) is 22.4 Å². The predicted molar refractivity (Wildman–Crippen MR) is 161 cm³/mol. The molecule has 0 radical (unpaired) electrons. The van der Waals surface area contributed by atoms with Crippen molar-refractivity contribution in [2.45, 2.75) is 37.8 Å². The van der Waals surface area contributed by atoms with E-state index >= 15 is 0 Å². The van der Waals surface area contributed by atoms with Crippen molar-refractivity contribution >= 4 is 17.5 Å². The van der Waals surface area contributed by atoms with Gasteiger partial charge < -0.3 is 10.2 Å². The molecule has 6 rings (SSSR count). The van der Waals surface area contributed by atoms with Crippen LogP contribution in [0.5, 0.6) is 0 Å². The third-order valence-corrected chi connectivity index (χ3v) is 8.34. The van der Waals surface area contributed by atoms with Crippen LogP contribution in [0.15, 0.2) is 72.9 Å². The fraction of sp³-hybridized carbons (Fsp3) is 0.303. The smallest absolute Gasteiger partial charge is 0.354 e. The molecule has 228 valence electrons. The maximum Gasteiger partial charge on any atom is 0.419 e. The van der Waals surface area contributed by atoms with Gasteiger partial charge in [-0.3, -0.25) is 4.79 Å². The second kappa shape index (κ2) is 12.3. The summed E-state index contributed by atoms with van der Waals surface area (Å²) in [6.45, 7) is 4.23. The summed E-state index contributed by atoms with van der Waals surface area (Å²) < 4.78 is 54.1. The zero-order chi connectivity index (χ0) is 30.8. The number of hydrogen-bond donors (Lipinski definition) is 2. The fourth-order valence-electron chi connectivity index (χ4n) is 6.06. The normalized spacial score (nSPS) is 16.3. The number of rotatable bonds is 8. The zero-order valence-electron chi connectivity index (χ0n) is 23.9. The lowest BCUT2D eigenvalue weighted by atomic mass is 9.78. The number of amides is 1. The Hall–Kier alpha value is -4.35. The molecule has 2 aliphatic rings. The average molecular weight is 605 g/mol. The minimum Gasteiger partial charge on any atom is -0.354 e. The highest BCUT2D eigenvalue weighted by Crippen LogP contribution is 2.42. The maximum absolute atomic E-state index is 14.6. The van der Waals surface area contributed by atoms with Crippen LogP contribution in [0.2, 0.25) is 0 Å². The Morgan fingerprint density at radius 3 is 2.52 bits per heavy atom. The fourth-order valence-corrected chi connectivity index (χ4v) is 6.06. The standard InChI is InChI=1S/C33H32F4N6O/c34-29-26(9-5-10-28(29)33(35,36)37)31(44)43(38)23-13-11-21(12-14-23)27-19-22-20-40-32(39-15-6-18-42-16-3-4-17-42)41-30(22)25-8-2-1-7-24(25)27/h1-2,5,7-14,20,27H,3-4,6,15-19,38H2,(H,39,40,41). The van der Waals surface area contributed by atoms with Crippen LogP contribution >= 0.6 is 0 Å². The molecular formula is C33H32F4N6O. The molecular weight excluding hydrogens is 572 g/mol. The lowest BCUT2D eigenvalue weighted by Gasteiger charge is -2.28. The third kappa shape index (κ3) is 6.02.